The second-order valence-corrected chi connectivity index (χ2v) is 5.46. The molecular weight excluding hydrogens is 318 g/mol. The molecule has 0 radical (unpaired) electrons. The number of ether oxygens (including phenoxy) is 1. The second-order valence-electron chi connectivity index (χ2n) is 5.46. The van der Waals surface area contributed by atoms with Crippen molar-refractivity contribution in [2.24, 2.45) is 0 Å². The first-order chi connectivity index (χ1) is 12.2. The average molecular weight is 337 g/mol. The Kier molecular flexibility index (Phi) is 4.99. The van der Waals surface area contributed by atoms with Crippen LogP contribution in [0.4, 0.5) is 0 Å². The highest BCUT2D eigenvalue weighted by atomic mass is 16.5. The zero-order chi connectivity index (χ0) is 17.6. The Bertz CT molecular complexity index is 884. The Morgan fingerprint density at radius 3 is 2.52 bits per heavy atom. The molecule has 0 fully saturated rings. The third-order valence-electron chi connectivity index (χ3n) is 3.74. The van der Waals surface area contributed by atoms with E-state index in [9.17, 15) is 9.59 Å². The molecule has 25 heavy (non-hydrogen) atoms. The lowest BCUT2D eigenvalue weighted by atomic mass is 10.2. The highest BCUT2D eigenvalue weighted by Gasteiger charge is 2.09. The maximum Gasteiger partial charge on any atom is 0.269 e. The quantitative estimate of drug-likeness (QED) is 0.703. The molecule has 3 rings (SSSR count). The minimum absolute atomic E-state index is 0.122. The molecule has 0 spiro atoms. The Balaban J connectivity index is 1.55. The fourth-order valence-electron chi connectivity index (χ4n) is 2.54. The van der Waals surface area contributed by atoms with Crippen LogP contribution in [0, 0.1) is 0 Å². The zero-order valence-corrected chi connectivity index (χ0v) is 13.9. The Morgan fingerprint density at radius 2 is 1.76 bits per heavy atom. The lowest BCUT2D eigenvalue weighted by Crippen LogP contribution is -2.43. The summed E-state index contributed by atoms with van der Waals surface area (Å²) in [5.74, 6) is 0.0111. The molecule has 2 amide bonds. The van der Waals surface area contributed by atoms with Gasteiger partial charge in [-0.1, -0.05) is 18.2 Å². The molecule has 0 aliphatic heterocycles. The van der Waals surface area contributed by atoms with E-state index in [0.29, 0.717) is 17.9 Å². The summed E-state index contributed by atoms with van der Waals surface area (Å²) < 4.78 is 7.16. The summed E-state index contributed by atoms with van der Waals surface area (Å²) in [5, 5.41) is 1.06. The van der Waals surface area contributed by atoms with Crippen molar-refractivity contribution >= 4 is 22.7 Å². The zero-order valence-electron chi connectivity index (χ0n) is 13.9. The van der Waals surface area contributed by atoms with Crippen molar-refractivity contribution < 1.29 is 14.3 Å². The van der Waals surface area contributed by atoms with Crippen LogP contribution in [0.3, 0.4) is 0 Å². The Labute approximate surface area is 145 Å². The first kappa shape index (κ1) is 16.6. The lowest BCUT2D eigenvalue weighted by Gasteiger charge is -2.09. The van der Waals surface area contributed by atoms with Crippen LogP contribution in [0.5, 0.6) is 5.75 Å². The van der Waals surface area contributed by atoms with E-state index in [1.807, 2.05) is 48.0 Å². The normalized spacial score (nSPS) is 10.4. The minimum Gasteiger partial charge on any atom is -0.494 e. The number of para-hydroxylation sites is 1. The van der Waals surface area contributed by atoms with E-state index >= 15 is 0 Å². The van der Waals surface area contributed by atoms with Crippen LogP contribution in [-0.4, -0.2) is 23.0 Å². The number of hydrogen-bond donors (Lipinski definition) is 2. The number of nitrogens with one attached hydrogen (secondary N) is 2. The maximum atomic E-state index is 12.1. The summed E-state index contributed by atoms with van der Waals surface area (Å²) in [7, 11) is 0. The van der Waals surface area contributed by atoms with Crippen LogP contribution < -0.4 is 15.6 Å². The van der Waals surface area contributed by atoms with Crippen molar-refractivity contribution in [3.8, 4) is 5.75 Å². The van der Waals surface area contributed by atoms with Crippen molar-refractivity contribution in [3.63, 3.8) is 0 Å². The Hall–Kier alpha value is -3.28. The number of fused-ring (bicyclic) bond motifs is 1. The maximum absolute atomic E-state index is 12.1. The number of aromatic nitrogens is 1. The summed E-state index contributed by atoms with van der Waals surface area (Å²) in [6.07, 6.45) is 1.85. The molecule has 2 aromatic carbocycles. The van der Waals surface area contributed by atoms with Crippen LogP contribution in [0.15, 0.2) is 60.8 Å². The molecule has 0 atom stereocenters. The van der Waals surface area contributed by atoms with Crippen molar-refractivity contribution in [1.82, 2.24) is 15.4 Å². The monoisotopic (exact) mass is 337 g/mol. The van der Waals surface area contributed by atoms with E-state index in [1.165, 1.54) is 0 Å². The minimum atomic E-state index is -0.381. The summed E-state index contributed by atoms with van der Waals surface area (Å²) >= 11 is 0. The Morgan fingerprint density at radius 1 is 1.00 bits per heavy atom. The molecule has 0 unspecified atom stereocenters. The molecule has 128 valence electrons. The van der Waals surface area contributed by atoms with Gasteiger partial charge in [-0.2, -0.15) is 0 Å². The predicted octanol–water partition coefficient (Wildman–Crippen LogP) is 2.50. The topological polar surface area (TPSA) is 72.4 Å². The third-order valence-corrected chi connectivity index (χ3v) is 3.74. The van der Waals surface area contributed by atoms with E-state index < -0.39 is 0 Å². The molecule has 1 aromatic heterocycles. The predicted molar refractivity (Wildman–Crippen MR) is 95.2 cm³/mol. The smallest absolute Gasteiger partial charge is 0.269 e. The number of hydrogen-bond acceptors (Lipinski definition) is 3. The largest absolute Gasteiger partial charge is 0.494 e. The number of nitrogens with zero attached hydrogens (tertiary/aromatic N) is 1. The van der Waals surface area contributed by atoms with Crippen LogP contribution >= 0.6 is 0 Å². The molecule has 0 aliphatic rings. The van der Waals surface area contributed by atoms with Gasteiger partial charge in [0.2, 0.25) is 0 Å². The first-order valence-corrected chi connectivity index (χ1v) is 8.03. The highest BCUT2D eigenvalue weighted by Crippen LogP contribution is 2.14. The van der Waals surface area contributed by atoms with Gasteiger partial charge in [-0.05, 0) is 48.7 Å². The van der Waals surface area contributed by atoms with Gasteiger partial charge in [-0.3, -0.25) is 20.4 Å². The van der Waals surface area contributed by atoms with Crippen LogP contribution in [0.25, 0.3) is 10.9 Å². The SMILES string of the molecule is CCOc1ccc(C(=O)NNC(=O)Cn2ccc3ccccc32)cc1. The summed E-state index contributed by atoms with van der Waals surface area (Å²) in [5.41, 5.74) is 6.26. The molecule has 6 nitrogen and oxygen atoms in total. The highest BCUT2D eigenvalue weighted by molar-refractivity contribution is 5.95. The van der Waals surface area contributed by atoms with Crippen LogP contribution in [0.2, 0.25) is 0 Å². The standard InChI is InChI=1S/C19H19N3O3/c1-2-25-16-9-7-15(8-10-16)19(24)21-20-18(23)13-22-12-11-14-5-3-4-6-17(14)22/h3-12H,2,13H2,1H3,(H,20,23)(H,21,24). The summed E-state index contributed by atoms with van der Waals surface area (Å²) in [6.45, 7) is 2.58. The van der Waals surface area contributed by atoms with E-state index in [2.05, 4.69) is 10.9 Å². The molecule has 2 N–H and O–H groups in total. The van der Waals surface area contributed by atoms with Gasteiger partial charge >= 0.3 is 0 Å². The summed E-state index contributed by atoms with van der Waals surface area (Å²) in [6, 6.07) is 16.5. The molecule has 3 aromatic rings. The fraction of sp³-hybridized carbons (Fsp3) is 0.158. The molecule has 0 saturated heterocycles. The van der Waals surface area contributed by atoms with Crippen LogP contribution in [0.1, 0.15) is 17.3 Å². The third kappa shape index (κ3) is 3.98. The van der Waals surface area contributed by atoms with Crippen molar-refractivity contribution in [2.75, 3.05) is 6.61 Å². The number of carbonyl (C=O) groups is 2. The van der Waals surface area contributed by atoms with Crippen molar-refractivity contribution in [3.05, 3.63) is 66.4 Å². The van der Waals surface area contributed by atoms with Crippen molar-refractivity contribution in [1.29, 1.82) is 0 Å². The average Bonchev–Trinajstić information content (AvgIpc) is 3.04. The van der Waals surface area contributed by atoms with Crippen molar-refractivity contribution in [2.45, 2.75) is 13.5 Å². The first-order valence-electron chi connectivity index (χ1n) is 8.03. The van der Waals surface area contributed by atoms with Gasteiger partial charge in [0.15, 0.2) is 0 Å². The molecule has 0 saturated carbocycles. The number of amides is 2. The van der Waals surface area contributed by atoms with Gasteiger partial charge in [-0.25, -0.2) is 0 Å². The lowest BCUT2D eigenvalue weighted by molar-refractivity contribution is -0.122. The van der Waals surface area contributed by atoms with Crippen LogP contribution in [-0.2, 0) is 11.3 Å². The molecular formula is C19H19N3O3. The number of benzene rings is 2. The van der Waals surface area contributed by atoms with Gasteiger partial charge in [0, 0.05) is 17.3 Å². The molecule has 0 bridgehead atoms. The number of hydrazine groups is 1. The van der Waals surface area contributed by atoms with Gasteiger partial charge in [0.05, 0.1) is 6.61 Å². The van der Waals surface area contributed by atoms with E-state index in [0.717, 1.165) is 10.9 Å². The van der Waals surface area contributed by atoms with E-state index in [4.69, 9.17) is 4.74 Å². The number of carbonyl (C=O) groups excluding carboxylic acids is 2. The van der Waals surface area contributed by atoms with E-state index in [-0.39, 0.29) is 18.4 Å². The summed E-state index contributed by atoms with van der Waals surface area (Å²) in [4.78, 5) is 24.1. The van der Waals surface area contributed by atoms with Gasteiger partial charge < -0.3 is 9.30 Å². The van der Waals surface area contributed by atoms with Gasteiger partial charge in [0.1, 0.15) is 12.3 Å². The van der Waals surface area contributed by atoms with Gasteiger partial charge in [-0.15, -0.1) is 0 Å². The molecule has 6 heteroatoms. The molecule has 0 aliphatic carbocycles. The fourth-order valence-corrected chi connectivity index (χ4v) is 2.54. The second kappa shape index (κ2) is 7.53. The number of rotatable bonds is 5. The molecule has 1 heterocycles. The van der Waals surface area contributed by atoms with E-state index in [1.54, 1.807) is 24.3 Å². The van der Waals surface area contributed by atoms with Gasteiger partial charge in [0.25, 0.3) is 11.8 Å².